The predicted molar refractivity (Wildman–Crippen MR) is 121 cm³/mol. The molecule has 0 saturated heterocycles. The first-order valence-corrected chi connectivity index (χ1v) is 15.2. The van der Waals surface area contributed by atoms with Gasteiger partial charge in [0.1, 0.15) is 12.0 Å². The van der Waals surface area contributed by atoms with Crippen molar-refractivity contribution in [2.24, 2.45) is 0 Å². The number of carbonyl (C=O) groups is 1. The number of fused-ring (bicyclic) bond motifs is 3. The molecule has 0 amide bonds. The van der Waals surface area contributed by atoms with Crippen molar-refractivity contribution in [2.45, 2.75) is 48.5 Å². The van der Waals surface area contributed by atoms with Crippen molar-refractivity contribution < 1.29 is 17.9 Å². The molecule has 1 heterocycles. The second kappa shape index (κ2) is 7.48. The lowest BCUT2D eigenvalue weighted by Gasteiger charge is -2.38. The summed E-state index contributed by atoms with van der Waals surface area (Å²) in [6.07, 6.45) is 0.561. The molecule has 2 aromatic carbocycles. The molecule has 3 aromatic rings. The summed E-state index contributed by atoms with van der Waals surface area (Å²) in [5.41, 5.74) is 2.13. The molecular weight excluding hydrogens is 414 g/mol. The van der Waals surface area contributed by atoms with Gasteiger partial charge in [-0.2, -0.15) is 0 Å². The van der Waals surface area contributed by atoms with E-state index >= 15 is 0 Å². The van der Waals surface area contributed by atoms with E-state index < -0.39 is 23.2 Å². The molecule has 0 fully saturated rings. The number of Topliss-reactive ketones (excluding diaryl/α,β-unsaturated/α-hetero) is 1. The van der Waals surface area contributed by atoms with Crippen molar-refractivity contribution >= 4 is 34.6 Å². The van der Waals surface area contributed by atoms with Crippen LogP contribution in [-0.2, 0) is 27.7 Å². The van der Waals surface area contributed by atoms with Crippen molar-refractivity contribution in [2.75, 3.05) is 7.11 Å². The van der Waals surface area contributed by atoms with E-state index in [1.54, 1.807) is 37.4 Å². The van der Waals surface area contributed by atoms with E-state index in [9.17, 15) is 13.2 Å². The summed E-state index contributed by atoms with van der Waals surface area (Å²) < 4.78 is 34.9. The van der Waals surface area contributed by atoms with Gasteiger partial charge in [-0.05, 0) is 30.2 Å². The first kappa shape index (κ1) is 21.0. The van der Waals surface area contributed by atoms with Crippen LogP contribution in [-0.4, -0.2) is 39.2 Å². The van der Waals surface area contributed by atoms with E-state index in [0.29, 0.717) is 18.7 Å². The smallest absolute Gasteiger partial charge is 0.188 e. The van der Waals surface area contributed by atoms with Gasteiger partial charge in [0, 0.05) is 31.8 Å². The van der Waals surface area contributed by atoms with Gasteiger partial charge in [0.25, 0.3) is 0 Å². The molecule has 1 aliphatic rings. The summed E-state index contributed by atoms with van der Waals surface area (Å²) in [5.74, 6) is -0.279. The number of aromatic nitrogens is 1. The quantitative estimate of drug-likeness (QED) is 0.546. The predicted octanol–water partition coefficient (Wildman–Crippen LogP) is 4.53. The Hall–Kier alpha value is -2.22. The van der Waals surface area contributed by atoms with Gasteiger partial charge in [-0.25, -0.2) is 8.42 Å². The highest BCUT2D eigenvalue weighted by atomic mass is 32.2. The van der Waals surface area contributed by atoms with Gasteiger partial charge in [0.05, 0.1) is 10.4 Å². The van der Waals surface area contributed by atoms with Gasteiger partial charge >= 0.3 is 0 Å². The second-order valence-corrected chi connectivity index (χ2v) is 16.5. The molecular formula is C23H27NO4SSi. The SMILES string of the molecule is COCn1c2c(c3ccccc31)C(=O)[C@@H](S(=O)(=O)c1ccccc1)[C@H]([Si](C)(C)C)C2. The molecule has 7 heteroatoms. The van der Waals surface area contributed by atoms with Gasteiger partial charge in [-0.3, -0.25) is 4.79 Å². The van der Waals surface area contributed by atoms with Crippen LogP contribution >= 0.6 is 0 Å². The Morgan fingerprint density at radius 3 is 2.30 bits per heavy atom. The molecule has 1 aromatic heterocycles. The van der Waals surface area contributed by atoms with Crippen LogP contribution < -0.4 is 0 Å². The first-order chi connectivity index (χ1) is 14.2. The van der Waals surface area contributed by atoms with Gasteiger partial charge in [-0.15, -0.1) is 0 Å². The van der Waals surface area contributed by atoms with Crippen LogP contribution in [0.5, 0.6) is 0 Å². The number of sulfone groups is 1. The Morgan fingerprint density at radius 2 is 1.67 bits per heavy atom. The third kappa shape index (κ3) is 3.25. The minimum Gasteiger partial charge on any atom is -0.364 e. The fourth-order valence-electron chi connectivity index (χ4n) is 4.63. The molecule has 1 aliphatic carbocycles. The summed E-state index contributed by atoms with van der Waals surface area (Å²) in [5, 5.41) is -0.252. The number of nitrogens with zero attached hydrogens (tertiary/aromatic N) is 1. The Kier molecular flexibility index (Phi) is 5.24. The van der Waals surface area contributed by atoms with E-state index in [1.165, 1.54) is 0 Å². The van der Waals surface area contributed by atoms with Gasteiger partial charge in [0.2, 0.25) is 0 Å². The Balaban J connectivity index is 1.99. The highest BCUT2D eigenvalue weighted by Gasteiger charge is 2.51. The lowest BCUT2D eigenvalue weighted by Crippen LogP contribution is -2.48. The fraction of sp³-hybridized carbons (Fsp3) is 0.348. The van der Waals surface area contributed by atoms with E-state index in [1.807, 2.05) is 28.8 Å². The number of carbonyl (C=O) groups excluding carboxylic acids is 1. The van der Waals surface area contributed by atoms with E-state index in [0.717, 1.165) is 16.6 Å². The van der Waals surface area contributed by atoms with E-state index in [2.05, 4.69) is 19.6 Å². The van der Waals surface area contributed by atoms with Crippen LogP contribution in [0.15, 0.2) is 59.5 Å². The highest BCUT2D eigenvalue weighted by molar-refractivity contribution is 7.93. The Labute approximate surface area is 178 Å². The minimum atomic E-state index is -3.81. The largest absolute Gasteiger partial charge is 0.364 e. The fourth-order valence-corrected chi connectivity index (χ4v) is 10.0. The molecule has 0 N–H and O–H groups in total. The standard InChI is InChI=1S/C23H27NO4SSi/c1-28-15-24-18-13-9-8-12-17(18)21-19(24)14-20(30(2,3)4)23(22(21)25)29(26,27)16-10-6-5-7-11-16/h5-13,20,23H,14-15H2,1-4H3/t20-,23+/m1/s1. The molecule has 5 nitrogen and oxygen atoms in total. The Bertz CT molecular complexity index is 1210. The van der Waals surface area contributed by atoms with Gasteiger partial charge < -0.3 is 9.30 Å². The van der Waals surface area contributed by atoms with Gasteiger partial charge in [0.15, 0.2) is 15.6 Å². The average molecular weight is 442 g/mol. The summed E-state index contributed by atoms with van der Waals surface area (Å²) in [7, 11) is -4.21. The summed E-state index contributed by atoms with van der Waals surface area (Å²) in [6, 6.07) is 16.1. The van der Waals surface area contributed by atoms with E-state index in [-0.39, 0.29) is 16.2 Å². The van der Waals surface area contributed by atoms with Crippen LogP contribution in [0.1, 0.15) is 16.1 Å². The zero-order valence-corrected chi connectivity index (χ0v) is 19.6. The molecule has 0 saturated carbocycles. The third-order valence-corrected chi connectivity index (χ3v) is 11.3. The molecule has 30 heavy (non-hydrogen) atoms. The summed E-state index contributed by atoms with van der Waals surface area (Å²) in [6.45, 7) is 6.77. The van der Waals surface area contributed by atoms with Crippen LogP contribution in [0.4, 0.5) is 0 Å². The van der Waals surface area contributed by atoms with Crippen molar-refractivity contribution in [3.8, 4) is 0 Å². The van der Waals surface area contributed by atoms with Crippen molar-refractivity contribution in [1.29, 1.82) is 0 Å². The second-order valence-electron chi connectivity index (χ2n) is 9.00. The topological polar surface area (TPSA) is 65.4 Å². The van der Waals surface area contributed by atoms with Crippen molar-refractivity contribution in [3.63, 3.8) is 0 Å². The summed E-state index contributed by atoms with van der Waals surface area (Å²) in [4.78, 5) is 14.1. The molecule has 0 bridgehead atoms. The number of para-hydroxylation sites is 1. The number of hydrogen-bond donors (Lipinski definition) is 0. The number of ether oxygens (including phenoxy) is 1. The number of rotatable bonds is 5. The number of benzene rings is 2. The van der Waals surface area contributed by atoms with Crippen LogP contribution in [0.2, 0.25) is 25.2 Å². The maximum Gasteiger partial charge on any atom is 0.188 e. The minimum absolute atomic E-state index is 0.218. The third-order valence-electron chi connectivity index (χ3n) is 6.14. The molecule has 158 valence electrons. The molecule has 0 unspecified atom stereocenters. The van der Waals surface area contributed by atoms with Crippen molar-refractivity contribution in [3.05, 3.63) is 65.9 Å². The highest BCUT2D eigenvalue weighted by Crippen LogP contribution is 2.44. The molecule has 0 radical (unpaired) electrons. The zero-order chi connectivity index (χ0) is 21.7. The normalized spacial score (nSPS) is 19.8. The average Bonchev–Trinajstić information content (AvgIpc) is 3.02. The maximum absolute atomic E-state index is 13.9. The van der Waals surface area contributed by atoms with Crippen LogP contribution in [0, 0.1) is 0 Å². The Morgan fingerprint density at radius 1 is 1.03 bits per heavy atom. The maximum atomic E-state index is 13.9. The number of methoxy groups -OCH3 is 1. The number of ketones is 1. The zero-order valence-electron chi connectivity index (χ0n) is 17.8. The van der Waals surface area contributed by atoms with E-state index in [4.69, 9.17) is 4.74 Å². The van der Waals surface area contributed by atoms with Crippen molar-refractivity contribution in [1.82, 2.24) is 4.57 Å². The first-order valence-electron chi connectivity index (χ1n) is 10.1. The molecule has 4 rings (SSSR count). The lowest BCUT2D eigenvalue weighted by molar-refractivity contribution is 0.0971. The lowest BCUT2D eigenvalue weighted by atomic mass is 9.93. The molecule has 0 aliphatic heterocycles. The monoisotopic (exact) mass is 441 g/mol. The van der Waals surface area contributed by atoms with Crippen LogP contribution in [0.3, 0.4) is 0 Å². The van der Waals surface area contributed by atoms with Gasteiger partial charge in [-0.1, -0.05) is 56.0 Å². The summed E-state index contributed by atoms with van der Waals surface area (Å²) >= 11 is 0. The number of hydrogen-bond acceptors (Lipinski definition) is 4. The molecule has 2 atom stereocenters. The molecule has 0 spiro atoms. The van der Waals surface area contributed by atoms with Crippen LogP contribution in [0.25, 0.3) is 10.9 Å².